The van der Waals surface area contributed by atoms with E-state index in [0.717, 1.165) is 30.2 Å². The molecule has 1 aliphatic rings. The molecule has 5 nitrogen and oxygen atoms in total. The van der Waals surface area contributed by atoms with Crippen molar-refractivity contribution in [3.8, 4) is 11.3 Å². The highest BCUT2D eigenvalue weighted by Crippen LogP contribution is 2.28. The number of rotatable bonds is 4. The van der Waals surface area contributed by atoms with Crippen molar-refractivity contribution in [3.63, 3.8) is 0 Å². The Labute approximate surface area is 159 Å². The smallest absolute Gasteiger partial charge is 0.150 e. The van der Waals surface area contributed by atoms with Crippen LogP contribution in [0.1, 0.15) is 12.8 Å². The lowest BCUT2D eigenvalue weighted by Crippen LogP contribution is -2.35. The standard InChI is InChI=1S/C19H21BClN5/c1-25-8-4-5-13(12-25)10-22-18-9-17(14-6-2-3-7-16(14)21)24-19-15(20)11-23-26(18)19/h2-3,6-7,9,11,13,22H,4-5,8,10,12H2,1H3. The Morgan fingerprint density at radius 1 is 1.35 bits per heavy atom. The molecule has 1 aromatic carbocycles. The van der Waals surface area contributed by atoms with Gasteiger partial charge in [-0.25, -0.2) is 4.98 Å². The largest absolute Gasteiger partial charge is 0.370 e. The lowest BCUT2D eigenvalue weighted by Gasteiger charge is -2.30. The van der Waals surface area contributed by atoms with Gasteiger partial charge < -0.3 is 10.2 Å². The fourth-order valence-electron chi connectivity index (χ4n) is 3.60. The highest BCUT2D eigenvalue weighted by Gasteiger charge is 2.18. The molecule has 0 bridgehead atoms. The van der Waals surface area contributed by atoms with Gasteiger partial charge in [0.2, 0.25) is 0 Å². The van der Waals surface area contributed by atoms with Crippen molar-refractivity contribution in [2.75, 3.05) is 32.0 Å². The normalized spacial score (nSPS) is 18.3. The van der Waals surface area contributed by atoms with E-state index >= 15 is 0 Å². The fraction of sp³-hybridized carbons (Fsp3) is 0.368. The first kappa shape index (κ1) is 17.4. The van der Waals surface area contributed by atoms with Crippen LogP contribution >= 0.6 is 11.6 Å². The van der Waals surface area contributed by atoms with E-state index in [1.807, 2.05) is 30.3 Å². The van der Waals surface area contributed by atoms with Crippen LogP contribution in [0.5, 0.6) is 0 Å². The molecule has 1 saturated heterocycles. The van der Waals surface area contributed by atoms with Crippen LogP contribution in [0.25, 0.3) is 16.9 Å². The summed E-state index contributed by atoms with van der Waals surface area (Å²) >= 11 is 6.37. The number of hydrogen-bond donors (Lipinski definition) is 1. The molecular formula is C19H21BClN5. The minimum Gasteiger partial charge on any atom is -0.370 e. The topological polar surface area (TPSA) is 45.5 Å². The molecule has 1 aliphatic heterocycles. The van der Waals surface area contributed by atoms with Crippen molar-refractivity contribution in [2.45, 2.75) is 12.8 Å². The first-order valence-electron chi connectivity index (χ1n) is 8.93. The number of fused-ring (bicyclic) bond motifs is 1. The van der Waals surface area contributed by atoms with Crippen LogP contribution in [0, 0.1) is 5.92 Å². The zero-order valence-corrected chi connectivity index (χ0v) is 15.6. The molecule has 3 heterocycles. The van der Waals surface area contributed by atoms with Gasteiger partial charge in [0.15, 0.2) is 5.65 Å². The number of anilines is 1. The molecule has 3 aromatic rings. The Kier molecular flexibility index (Phi) is 4.87. The van der Waals surface area contributed by atoms with E-state index in [1.54, 1.807) is 10.7 Å². The quantitative estimate of drug-likeness (QED) is 0.722. The van der Waals surface area contributed by atoms with Gasteiger partial charge in [0.25, 0.3) is 0 Å². The van der Waals surface area contributed by atoms with E-state index < -0.39 is 0 Å². The van der Waals surface area contributed by atoms with Gasteiger partial charge in [0.05, 0.1) is 5.69 Å². The number of benzene rings is 1. The maximum absolute atomic E-state index is 6.37. The molecule has 4 rings (SSSR count). The summed E-state index contributed by atoms with van der Waals surface area (Å²) in [5, 5.41) is 8.60. The molecule has 2 radical (unpaired) electrons. The molecule has 26 heavy (non-hydrogen) atoms. The fourth-order valence-corrected chi connectivity index (χ4v) is 3.83. The van der Waals surface area contributed by atoms with Crippen LogP contribution in [0.3, 0.4) is 0 Å². The molecule has 7 heteroatoms. The predicted octanol–water partition coefficient (Wildman–Crippen LogP) is 2.60. The number of aromatic nitrogens is 3. The Morgan fingerprint density at radius 3 is 3.00 bits per heavy atom. The van der Waals surface area contributed by atoms with Crippen molar-refractivity contribution in [1.82, 2.24) is 19.5 Å². The number of halogens is 1. The summed E-state index contributed by atoms with van der Waals surface area (Å²) in [5.74, 6) is 1.50. The second-order valence-corrected chi connectivity index (χ2v) is 7.40. The zero-order chi connectivity index (χ0) is 18.1. The average Bonchev–Trinajstić information content (AvgIpc) is 3.01. The summed E-state index contributed by atoms with van der Waals surface area (Å²) in [7, 11) is 8.26. The van der Waals surface area contributed by atoms with Crippen molar-refractivity contribution in [1.29, 1.82) is 0 Å². The minimum atomic E-state index is 0.555. The number of nitrogens with zero attached hydrogens (tertiary/aromatic N) is 4. The number of likely N-dealkylation sites (tertiary alicyclic amines) is 1. The van der Waals surface area contributed by atoms with Crippen LogP contribution in [0.2, 0.25) is 5.02 Å². The molecule has 0 spiro atoms. The van der Waals surface area contributed by atoms with Crippen LogP contribution in [0.15, 0.2) is 36.5 Å². The number of hydrogen-bond acceptors (Lipinski definition) is 4. The van der Waals surface area contributed by atoms with Crippen LogP contribution < -0.4 is 10.8 Å². The molecule has 1 N–H and O–H groups in total. The Bertz CT molecular complexity index is 925. The lowest BCUT2D eigenvalue weighted by molar-refractivity contribution is 0.217. The SMILES string of the molecule is [B]c1cnn2c(NCC3CCCN(C)C3)cc(-c3ccccc3Cl)nc12. The molecule has 0 amide bonds. The van der Waals surface area contributed by atoms with Crippen molar-refractivity contribution in [2.24, 2.45) is 5.92 Å². The molecule has 132 valence electrons. The first-order valence-corrected chi connectivity index (χ1v) is 9.31. The van der Waals surface area contributed by atoms with Crippen LogP contribution in [0.4, 0.5) is 5.82 Å². The van der Waals surface area contributed by atoms with Gasteiger partial charge in [0.1, 0.15) is 13.7 Å². The van der Waals surface area contributed by atoms with Gasteiger partial charge in [-0.05, 0) is 43.9 Å². The van der Waals surface area contributed by atoms with Gasteiger partial charge >= 0.3 is 0 Å². The highest BCUT2D eigenvalue weighted by atomic mass is 35.5. The Balaban J connectivity index is 1.68. The van der Waals surface area contributed by atoms with Gasteiger partial charge in [-0.15, -0.1) is 0 Å². The third-order valence-electron chi connectivity index (χ3n) is 4.94. The molecule has 1 unspecified atom stereocenters. The Hall–Kier alpha value is -2.05. The predicted molar refractivity (Wildman–Crippen MR) is 108 cm³/mol. The van der Waals surface area contributed by atoms with Crippen molar-refractivity contribution < 1.29 is 0 Å². The summed E-state index contributed by atoms with van der Waals surface area (Å²) in [6, 6.07) is 9.70. The highest BCUT2D eigenvalue weighted by molar-refractivity contribution is 6.36. The zero-order valence-electron chi connectivity index (χ0n) is 14.8. The third kappa shape index (κ3) is 3.44. The summed E-state index contributed by atoms with van der Waals surface area (Å²) < 4.78 is 1.77. The number of piperidine rings is 1. The summed E-state index contributed by atoms with van der Waals surface area (Å²) in [4.78, 5) is 7.06. The average molecular weight is 366 g/mol. The van der Waals surface area contributed by atoms with E-state index in [1.165, 1.54) is 19.4 Å². The molecule has 1 atom stereocenters. The third-order valence-corrected chi connectivity index (χ3v) is 5.27. The van der Waals surface area contributed by atoms with Gasteiger partial charge in [-0.2, -0.15) is 9.61 Å². The monoisotopic (exact) mass is 365 g/mol. The van der Waals surface area contributed by atoms with Gasteiger partial charge in [-0.3, -0.25) is 0 Å². The maximum Gasteiger partial charge on any atom is 0.150 e. The second kappa shape index (κ2) is 7.29. The van der Waals surface area contributed by atoms with E-state index in [0.29, 0.717) is 22.1 Å². The molecule has 1 fully saturated rings. The van der Waals surface area contributed by atoms with E-state index in [2.05, 4.69) is 27.3 Å². The van der Waals surface area contributed by atoms with E-state index in [-0.39, 0.29) is 0 Å². The van der Waals surface area contributed by atoms with E-state index in [9.17, 15) is 0 Å². The summed E-state index contributed by atoms with van der Waals surface area (Å²) in [5.41, 5.74) is 2.88. The lowest BCUT2D eigenvalue weighted by atomic mass is 9.98. The molecular weight excluding hydrogens is 345 g/mol. The summed E-state index contributed by atoms with van der Waals surface area (Å²) in [6.07, 6.45) is 4.12. The molecule has 0 saturated carbocycles. The number of nitrogens with one attached hydrogen (secondary N) is 1. The van der Waals surface area contributed by atoms with E-state index in [4.69, 9.17) is 19.4 Å². The Morgan fingerprint density at radius 2 is 2.19 bits per heavy atom. The summed E-state index contributed by atoms with van der Waals surface area (Å²) in [6.45, 7) is 3.19. The molecule has 0 aliphatic carbocycles. The van der Waals surface area contributed by atoms with Gasteiger partial charge in [-0.1, -0.05) is 29.8 Å². The minimum absolute atomic E-state index is 0.555. The van der Waals surface area contributed by atoms with Gasteiger partial charge in [0, 0.05) is 35.9 Å². The second-order valence-electron chi connectivity index (χ2n) is 6.99. The van der Waals surface area contributed by atoms with Crippen LogP contribution in [-0.2, 0) is 0 Å². The van der Waals surface area contributed by atoms with Crippen molar-refractivity contribution in [3.05, 3.63) is 41.6 Å². The maximum atomic E-state index is 6.37. The van der Waals surface area contributed by atoms with Crippen molar-refractivity contribution >= 4 is 36.4 Å². The van der Waals surface area contributed by atoms with Crippen LogP contribution in [-0.4, -0.2) is 54.0 Å². The molecule has 2 aromatic heterocycles. The first-order chi connectivity index (χ1) is 12.6.